The third-order valence-corrected chi connectivity index (χ3v) is 5.80. The predicted octanol–water partition coefficient (Wildman–Crippen LogP) is 3.85. The monoisotopic (exact) mass is 509 g/mol. The SMILES string of the molecule is COc1ccc(C(=Cc2ccc(C=CC(=O)NCCCCCC(=O)NO)cc2)C(=O)NC2CC2)cc1F. The standard InChI is InChI=1S/C28H32FN3O5/c1-37-25-14-11-21(18-24(25)29)23(28(35)31-22-12-13-22)17-20-8-6-19(7-9-20)10-15-26(33)30-16-4-2-3-5-27(34)32-36/h6-11,14-15,17-18,22,36H,2-5,12-13,16H2,1H3,(H,30,33)(H,31,35)(H,32,34). The molecular formula is C28H32FN3O5. The summed E-state index contributed by atoms with van der Waals surface area (Å²) in [5.74, 6) is -1.33. The van der Waals surface area contributed by atoms with Crippen molar-refractivity contribution in [2.24, 2.45) is 0 Å². The van der Waals surface area contributed by atoms with Gasteiger partial charge in [-0.1, -0.05) is 36.8 Å². The van der Waals surface area contributed by atoms with Gasteiger partial charge in [-0.2, -0.15) is 0 Å². The highest BCUT2D eigenvalue weighted by atomic mass is 19.1. The molecule has 1 aliphatic rings. The topological polar surface area (TPSA) is 117 Å². The molecule has 4 N–H and O–H groups in total. The molecule has 3 amide bonds. The molecule has 9 heteroatoms. The Labute approximate surface area is 215 Å². The minimum atomic E-state index is -0.544. The zero-order chi connectivity index (χ0) is 26.6. The average Bonchev–Trinajstić information content (AvgIpc) is 3.72. The number of ether oxygens (including phenoxy) is 1. The van der Waals surface area contributed by atoms with Crippen LogP contribution in [0.5, 0.6) is 5.75 Å². The van der Waals surface area contributed by atoms with Crippen molar-refractivity contribution in [2.75, 3.05) is 13.7 Å². The van der Waals surface area contributed by atoms with Gasteiger partial charge in [-0.15, -0.1) is 0 Å². The van der Waals surface area contributed by atoms with Crippen LogP contribution in [0.3, 0.4) is 0 Å². The van der Waals surface area contributed by atoms with Gasteiger partial charge in [0.1, 0.15) is 0 Å². The first-order chi connectivity index (χ1) is 17.9. The number of hydrogen-bond acceptors (Lipinski definition) is 5. The van der Waals surface area contributed by atoms with E-state index in [0.29, 0.717) is 24.1 Å². The first-order valence-electron chi connectivity index (χ1n) is 12.2. The molecular weight excluding hydrogens is 477 g/mol. The van der Waals surface area contributed by atoms with Crippen molar-refractivity contribution >= 4 is 35.4 Å². The molecule has 0 saturated heterocycles. The highest BCUT2D eigenvalue weighted by Crippen LogP contribution is 2.27. The van der Waals surface area contributed by atoms with Gasteiger partial charge in [0.25, 0.3) is 5.91 Å². The van der Waals surface area contributed by atoms with Gasteiger partial charge >= 0.3 is 0 Å². The summed E-state index contributed by atoms with van der Waals surface area (Å²) in [5.41, 5.74) is 3.96. The van der Waals surface area contributed by atoms with Crippen LogP contribution < -0.4 is 20.9 Å². The van der Waals surface area contributed by atoms with Crippen LogP contribution in [-0.4, -0.2) is 42.6 Å². The molecule has 8 nitrogen and oxygen atoms in total. The number of carbonyl (C=O) groups is 3. The lowest BCUT2D eigenvalue weighted by Gasteiger charge is -2.11. The predicted molar refractivity (Wildman–Crippen MR) is 139 cm³/mol. The molecule has 1 saturated carbocycles. The number of amides is 3. The molecule has 196 valence electrons. The average molecular weight is 510 g/mol. The van der Waals surface area contributed by atoms with E-state index in [1.54, 1.807) is 23.7 Å². The minimum absolute atomic E-state index is 0.109. The van der Waals surface area contributed by atoms with Gasteiger partial charge in [0, 0.05) is 30.7 Å². The lowest BCUT2D eigenvalue weighted by Crippen LogP contribution is -2.26. The second-order valence-corrected chi connectivity index (χ2v) is 8.79. The summed E-state index contributed by atoms with van der Waals surface area (Å²) in [6.45, 7) is 0.491. The third kappa shape index (κ3) is 9.20. The maximum absolute atomic E-state index is 14.3. The van der Waals surface area contributed by atoms with Gasteiger partial charge in [0.15, 0.2) is 11.6 Å². The zero-order valence-electron chi connectivity index (χ0n) is 20.8. The number of hydrogen-bond donors (Lipinski definition) is 4. The summed E-state index contributed by atoms with van der Waals surface area (Å²) in [6, 6.07) is 11.9. The number of rotatable bonds is 13. The van der Waals surface area contributed by atoms with E-state index in [4.69, 9.17) is 9.94 Å². The molecule has 0 unspecified atom stereocenters. The Hall–Kier alpha value is -3.98. The Morgan fingerprint density at radius 1 is 1.05 bits per heavy atom. The van der Waals surface area contributed by atoms with Gasteiger partial charge in [-0.3, -0.25) is 19.6 Å². The molecule has 0 atom stereocenters. The third-order valence-electron chi connectivity index (χ3n) is 5.80. The maximum Gasteiger partial charge on any atom is 0.252 e. The highest BCUT2D eigenvalue weighted by molar-refractivity contribution is 6.24. The Morgan fingerprint density at radius 3 is 2.43 bits per heavy atom. The Morgan fingerprint density at radius 2 is 1.78 bits per heavy atom. The van der Waals surface area contributed by atoms with Crippen molar-refractivity contribution in [3.05, 3.63) is 71.0 Å². The second kappa shape index (κ2) is 13.9. The van der Waals surface area contributed by atoms with E-state index in [9.17, 15) is 18.8 Å². The van der Waals surface area contributed by atoms with Crippen LogP contribution in [0.1, 0.15) is 55.2 Å². The first kappa shape index (κ1) is 27.6. The fourth-order valence-corrected chi connectivity index (χ4v) is 3.56. The van der Waals surface area contributed by atoms with E-state index in [1.165, 1.54) is 25.3 Å². The molecule has 0 aliphatic heterocycles. The van der Waals surface area contributed by atoms with Crippen molar-refractivity contribution in [3.63, 3.8) is 0 Å². The summed E-state index contributed by atoms with van der Waals surface area (Å²) in [4.78, 5) is 35.8. The quantitative estimate of drug-likeness (QED) is 0.108. The van der Waals surface area contributed by atoms with Crippen LogP contribution in [0.25, 0.3) is 17.7 Å². The van der Waals surface area contributed by atoms with Gasteiger partial charge in [-0.25, -0.2) is 9.87 Å². The maximum atomic E-state index is 14.3. The lowest BCUT2D eigenvalue weighted by molar-refractivity contribution is -0.129. The molecule has 0 bridgehead atoms. The van der Waals surface area contributed by atoms with Crippen molar-refractivity contribution < 1.29 is 28.7 Å². The van der Waals surface area contributed by atoms with E-state index in [1.807, 2.05) is 24.3 Å². The Balaban J connectivity index is 1.59. The smallest absolute Gasteiger partial charge is 0.252 e. The molecule has 1 aliphatic carbocycles. The molecule has 3 rings (SSSR count). The van der Waals surface area contributed by atoms with E-state index in [2.05, 4.69) is 10.6 Å². The molecule has 1 fully saturated rings. The van der Waals surface area contributed by atoms with Gasteiger partial charge in [0.05, 0.1) is 7.11 Å². The number of benzene rings is 2. The molecule has 0 radical (unpaired) electrons. The lowest BCUT2D eigenvalue weighted by atomic mass is 10.0. The van der Waals surface area contributed by atoms with E-state index >= 15 is 0 Å². The fraction of sp³-hybridized carbons (Fsp3) is 0.321. The van der Waals surface area contributed by atoms with Crippen LogP contribution in [-0.2, 0) is 14.4 Å². The van der Waals surface area contributed by atoms with E-state index in [0.717, 1.165) is 36.8 Å². The number of hydroxylamine groups is 1. The number of unbranched alkanes of at least 4 members (excludes halogenated alkanes) is 2. The summed E-state index contributed by atoms with van der Waals surface area (Å²) < 4.78 is 19.3. The number of carbonyl (C=O) groups excluding carboxylic acids is 3. The Bertz CT molecular complexity index is 1160. The summed E-state index contributed by atoms with van der Waals surface area (Å²) in [5, 5.41) is 14.2. The van der Waals surface area contributed by atoms with Crippen LogP contribution in [0, 0.1) is 5.82 Å². The molecule has 2 aromatic rings. The van der Waals surface area contributed by atoms with E-state index < -0.39 is 11.7 Å². The highest BCUT2D eigenvalue weighted by Gasteiger charge is 2.25. The van der Waals surface area contributed by atoms with Crippen molar-refractivity contribution in [2.45, 2.75) is 44.6 Å². The van der Waals surface area contributed by atoms with Crippen molar-refractivity contribution in [1.29, 1.82) is 0 Å². The molecule has 0 spiro atoms. The fourth-order valence-electron chi connectivity index (χ4n) is 3.56. The number of methoxy groups -OCH3 is 1. The summed E-state index contributed by atoms with van der Waals surface area (Å²) in [6.07, 6.45) is 9.09. The normalized spacial score (nSPS) is 13.3. The Kier molecular flexibility index (Phi) is 10.4. The van der Waals surface area contributed by atoms with Crippen molar-refractivity contribution in [3.8, 4) is 5.75 Å². The van der Waals surface area contributed by atoms with Crippen LogP contribution in [0.4, 0.5) is 4.39 Å². The summed E-state index contributed by atoms with van der Waals surface area (Å²) in [7, 11) is 1.39. The van der Waals surface area contributed by atoms with Crippen LogP contribution in [0.15, 0.2) is 48.5 Å². The first-order valence-corrected chi connectivity index (χ1v) is 12.2. The molecule has 37 heavy (non-hydrogen) atoms. The van der Waals surface area contributed by atoms with Crippen LogP contribution >= 0.6 is 0 Å². The van der Waals surface area contributed by atoms with Crippen LogP contribution in [0.2, 0.25) is 0 Å². The number of nitrogens with one attached hydrogen (secondary N) is 3. The van der Waals surface area contributed by atoms with Gasteiger partial charge < -0.3 is 15.4 Å². The largest absolute Gasteiger partial charge is 0.494 e. The molecule has 2 aromatic carbocycles. The molecule has 0 aromatic heterocycles. The van der Waals surface area contributed by atoms with E-state index in [-0.39, 0.29) is 30.0 Å². The summed E-state index contributed by atoms with van der Waals surface area (Å²) >= 11 is 0. The van der Waals surface area contributed by atoms with Gasteiger partial charge in [-0.05, 0) is 66.7 Å². The minimum Gasteiger partial charge on any atom is -0.494 e. The number of halogens is 1. The second-order valence-electron chi connectivity index (χ2n) is 8.79. The zero-order valence-corrected chi connectivity index (χ0v) is 20.8. The van der Waals surface area contributed by atoms with Gasteiger partial charge in [0.2, 0.25) is 11.8 Å². The molecule has 0 heterocycles. The van der Waals surface area contributed by atoms with Crippen molar-refractivity contribution in [1.82, 2.24) is 16.1 Å².